The summed E-state index contributed by atoms with van der Waals surface area (Å²) >= 11 is 0. The van der Waals surface area contributed by atoms with Crippen LogP contribution in [-0.4, -0.2) is 25.9 Å². The molecule has 1 N–H and O–H groups in total. The van der Waals surface area contributed by atoms with Gasteiger partial charge >= 0.3 is 0 Å². The van der Waals surface area contributed by atoms with Gasteiger partial charge in [-0.1, -0.05) is 30.3 Å². The summed E-state index contributed by atoms with van der Waals surface area (Å²) in [5.41, 5.74) is 3.44. The molecular formula is C23H23NO4. The lowest BCUT2D eigenvalue weighted by molar-refractivity contribution is -0.122. The van der Waals surface area contributed by atoms with E-state index in [1.54, 1.807) is 14.2 Å². The Kier molecular flexibility index (Phi) is 4.90. The number of allylic oxidation sites excluding steroid dienone is 2. The molecule has 0 unspecified atom stereocenters. The predicted molar refractivity (Wildman–Crippen MR) is 105 cm³/mol. The zero-order valence-corrected chi connectivity index (χ0v) is 16.0. The van der Waals surface area contributed by atoms with Crippen LogP contribution in [0.3, 0.4) is 0 Å². The number of nitrogens with one attached hydrogen (secondary N) is 1. The SMILES string of the molecule is COc1ccc(OC)c([C@H]2CC(=O)C3=C(C2)NC(=O)C[C@H]3c2ccccc2)c1. The van der Waals surface area contributed by atoms with Gasteiger partial charge in [-0.2, -0.15) is 0 Å². The van der Waals surface area contributed by atoms with E-state index in [9.17, 15) is 9.59 Å². The summed E-state index contributed by atoms with van der Waals surface area (Å²) in [6.45, 7) is 0. The average molecular weight is 377 g/mol. The number of carbonyl (C=O) groups is 2. The first kappa shape index (κ1) is 18.3. The van der Waals surface area contributed by atoms with E-state index >= 15 is 0 Å². The Labute approximate surface area is 164 Å². The topological polar surface area (TPSA) is 64.6 Å². The van der Waals surface area contributed by atoms with Gasteiger partial charge in [0.1, 0.15) is 11.5 Å². The van der Waals surface area contributed by atoms with Crippen LogP contribution in [0.15, 0.2) is 59.8 Å². The van der Waals surface area contributed by atoms with Gasteiger partial charge in [-0.15, -0.1) is 0 Å². The number of ketones is 1. The molecule has 0 aromatic heterocycles. The van der Waals surface area contributed by atoms with Crippen LogP contribution in [0.2, 0.25) is 0 Å². The Balaban J connectivity index is 1.73. The number of amides is 1. The van der Waals surface area contributed by atoms with Crippen molar-refractivity contribution in [3.05, 3.63) is 70.9 Å². The van der Waals surface area contributed by atoms with Crippen molar-refractivity contribution in [1.29, 1.82) is 0 Å². The van der Waals surface area contributed by atoms with Crippen LogP contribution < -0.4 is 14.8 Å². The zero-order valence-electron chi connectivity index (χ0n) is 16.0. The third-order valence-corrected chi connectivity index (χ3v) is 5.61. The van der Waals surface area contributed by atoms with Crippen molar-refractivity contribution in [2.45, 2.75) is 31.1 Å². The number of hydrogen-bond acceptors (Lipinski definition) is 4. The molecule has 0 spiro atoms. The quantitative estimate of drug-likeness (QED) is 0.882. The number of rotatable bonds is 4. The second kappa shape index (κ2) is 7.50. The van der Waals surface area contributed by atoms with Gasteiger partial charge < -0.3 is 14.8 Å². The first-order valence-corrected chi connectivity index (χ1v) is 9.43. The molecule has 2 atom stereocenters. The molecule has 5 nitrogen and oxygen atoms in total. The highest BCUT2D eigenvalue weighted by molar-refractivity contribution is 6.02. The van der Waals surface area contributed by atoms with Crippen LogP contribution >= 0.6 is 0 Å². The van der Waals surface area contributed by atoms with Crippen molar-refractivity contribution < 1.29 is 19.1 Å². The minimum atomic E-state index is -0.175. The molecule has 4 rings (SSSR count). The van der Waals surface area contributed by atoms with Crippen molar-refractivity contribution in [2.24, 2.45) is 0 Å². The van der Waals surface area contributed by atoms with Gasteiger partial charge in [0.05, 0.1) is 14.2 Å². The fraction of sp³-hybridized carbons (Fsp3) is 0.304. The second-order valence-corrected chi connectivity index (χ2v) is 7.24. The summed E-state index contributed by atoms with van der Waals surface area (Å²) < 4.78 is 10.9. The van der Waals surface area contributed by atoms with Crippen LogP contribution in [0.5, 0.6) is 11.5 Å². The van der Waals surface area contributed by atoms with Crippen LogP contribution in [-0.2, 0) is 9.59 Å². The molecular weight excluding hydrogens is 354 g/mol. The van der Waals surface area contributed by atoms with Gasteiger partial charge in [-0.3, -0.25) is 9.59 Å². The van der Waals surface area contributed by atoms with Crippen molar-refractivity contribution in [3.8, 4) is 11.5 Å². The van der Waals surface area contributed by atoms with Gasteiger partial charge in [0.15, 0.2) is 5.78 Å². The normalized spacial score (nSPS) is 21.8. The van der Waals surface area contributed by atoms with Crippen molar-refractivity contribution in [2.75, 3.05) is 14.2 Å². The summed E-state index contributed by atoms with van der Waals surface area (Å²) in [4.78, 5) is 25.5. The van der Waals surface area contributed by atoms with Crippen molar-refractivity contribution in [3.63, 3.8) is 0 Å². The largest absolute Gasteiger partial charge is 0.497 e. The van der Waals surface area contributed by atoms with Gasteiger partial charge in [0, 0.05) is 41.5 Å². The lowest BCUT2D eigenvalue weighted by Gasteiger charge is -2.34. The van der Waals surface area contributed by atoms with Crippen LogP contribution in [0.1, 0.15) is 42.2 Å². The number of carbonyl (C=O) groups excluding carboxylic acids is 2. The Hall–Kier alpha value is -3.08. The van der Waals surface area contributed by atoms with Gasteiger partial charge in [0.2, 0.25) is 5.91 Å². The maximum Gasteiger partial charge on any atom is 0.225 e. The summed E-state index contributed by atoms with van der Waals surface area (Å²) in [6.07, 6.45) is 1.29. The van der Waals surface area contributed by atoms with E-state index in [4.69, 9.17) is 9.47 Å². The van der Waals surface area contributed by atoms with E-state index in [0.29, 0.717) is 19.3 Å². The van der Waals surface area contributed by atoms with E-state index in [2.05, 4.69) is 5.32 Å². The fourth-order valence-corrected chi connectivity index (χ4v) is 4.31. The van der Waals surface area contributed by atoms with Crippen molar-refractivity contribution >= 4 is 11.7 Å². The molecule has 5 heteroatoms. The Morgan fingerprint density at radius 3 is 2.43 bits per heavy atom. The number of hydrogen-bond donors (Lipinski definition) is 1. The number of Topliss-reactive ketones (excluding diaryl/α,β-unsaturated/α-hetero) is 1. The first-order chi connectivity index (χ1) is 13.6. The zero-order chi connectivity index (χ0) is 19.7. The maximum atomic E-state index is 13.2. The summed E-state index contributed by atoms with van der Waals surface area (Å²) in [5, 5.41) is 2.96. The van der Waals surface area contributed by atoms with Crippen LogP contribution in [0.25, 0.3) is 0 Å². The summed E-state index contributed by atoms with van der Waals surface area (Å²) in [5.74, 6) is 1.25. The smallest absolute Gasteiger partial charge is 0.225 e. The number of methoxy groups -OCH3 is 2. The highest BCUT2D eigenvalue weighted by Gasteiger charge is 2.38. The van der Waals surface area contributed by atoms with Crippen molar-refractivity contribution in [1.82, 2.24) is 5.32 Å². The molecule has 2 aromatic rings. The molecule has 1 amide bonds. The van der Waals surface area contributed by atoms with Gasteiger partial charge in [-0.05, 0) is 30.2 Å². The Bertz CT molecular complexity index is 948. The number of benzene rings is 2. The molecule has 28 heavy (non-hydrogen) atoms. The van der Waals surface area contributed by atoms with E-state index in [-0.39, 0.29) is 23.5 Å². The lowest BCUT2D eigenvalue weighted by Crippen LogP contribution is -2.38. The van der Waals surface area contributed by atoms with E-state index < -0.39 is 0 Å². The molecule has 1 aliphatic heterocycles. The average Bonchev–Trinajstić information content (AvgIpc) is 2.72. The minimum absolute atomic E-state index is 0.0429. The standard InChI is InChI=1S/C23H23NO4/c1-27-16-8-9-21(28-2)17(12-16)15-10-19-23(20(25)11-15)18(13-22(26)24-19)14-6-4-3-5-7-14/h3-9,12,15,18H,10-11,13H2,1-2H3,(H,24,26)/t15-,18+/m1/s1. The van der Waals surface area contributed by atoms with Gasteiger partial charge in [-0.25, -0.2) is 0 Å². The molecule has 0 saturated heterocycles. The minimum Gasteiger partial charge on any atom is -0.497 e. The molecule has 2 aliphatic rings. The van der Waals surface area contributed by atoms with E-state index in [0.717, 1.165) is 33.9 Å². The third-order valence-electron chi connectivity index (χ3n) is 5.61. The van der Waals surface area contributed by atoms with Crippen LogP contribution in [0.4, 0.5) is 0 Å². The molecule has 2 aromatic carbocycles. The van der Waals surface area contributed by atoms with E-state index in [1.165, 1.54) is 0 Å². The Morgan fingerprint density at radius 2 is 1.71 bits per heavy atom. The molecule has 0 radical (unpaired) electrons. The molecule has 0 saturated carbocycles. The summed E-state index contributed by atoms with van der Waals surface area (Å²) in [7, 11) is 3.23. The molecule has 1 heterocycles. The highest BCUT2D eigenvalue weighted by atomic mass is 16.5. The predicted octanol–water partition coefficient (Wildman–Crippen LogP) is 3.71. The summed E-state index contributed by atoms with van der Waals surface area (Å²) in [6, 6.07) is 15.4. The second-order valence-electron chi connectivity index (χ2n) is 7.24. The highest BCUT2D eigenvalue weighted by Crippen LogP contribution is 2.44. The van der Waals surface area contributed by atoms with Gasteiger partial charge in [0.25, 0.3) is 0 Å². The molecule has 144 valence electrons. The molecule has 0 bridgehead atoms. The Morgan fingerprint density at radius 1 is 0.929 bits per heavy atom. The third kappa shape index (κ3) is 3.28. The number of ether oxygens (including phenoxy) is 2. The monoisotopic (exact) mass is 377 g/mol. The van der Waals surface area contributed by atoms with E-state index in [1.807, 2.05) is 48.5 Å². The first-order valence-electron chi connectivity index (χ1n) is 9.43. The molecule has 0 fully saturated rings. The maximum absolute atomic E-state index is 13.2. The molecule has 1 aliphatic carbocycles. The lowest BCUT2D eigenvalue weighted by atomic mass is 9.73. The van der Waals surface area contributed by atoms with Crippen LogP contribution in [0, 0.1) is 0 Å². The fourth-order valence-electron chi connectivity index (χ4n) is 4.31.